The van der Waals surface area contributed by atoms with Gasteiger partial charge in [-0.2, -0.15) is 0 Å². The second-order valence-electron chi connectivity index (χ2n) is 4.32. The van der Waals surface area contributed by atoms with Gasteiger partial charge < -0.3 is 10.1 Å². The molecule has 0 spiro atoms. The maximum absolute atomic E-state index is 5.82. The second kappa shape index (κ2) is 4.97. The lowest BCUT2D eigenvalue weighted by Gasteiger charge is -2.29. The van der Waals surface area contributed by atoms with E-state index in [0.717, 1.165) is 12.5 Å². The van der Waals surface area contributed by atoms with Crippen molar-refractivity contribution in [1.29, 1.82) is 0 Å². The summed E-state index contributed by atoms with van der Waals surface area (Å²) in [5, 5.41) is 3.38. The lowest BCUT2D eigenvalue weighted by atomic mass is 9.95. The fourth-order valence-corrected chi connectivity index (χ4v) is 2.03. The van der Waals surface area contributed by atoms with Crippen molar-refractivity contribution < 1.29 is 4.74 Å². The first-order valence-electron chi connectivity index (χ1n) is 5.49. The van der Waals surface area contributed by atoms with E-state index in [1.165, 1.54) is 12.8 Å². The first-order valence-corrected chi connectivity index (χ1v) is 5.49. The molecule has 0 heterocycles. The average molecular weight is 185 g/mol. The van der Waals surface area contributed by atoms with E-state index in [2.05, 4.69) is 26.1 Å². The monoisotopic (exact) mass is 185 g/mol. The molecule has 1 fully saturated rings. The summed E-state index contributed by atoms with van der Waals surface area (Å²) < 4.78 is 5.82. The van der Waals surface area contributed by atoms with Crippen molar-refractivity contribution in [2.24, 2.45) is 11.8 Å². The molecule has 1 saturated carbocycles. The minimum Gasteiger partial charge on any atom is -0.377 e. The van der Waals surface area contributed by atoms with Crippen molar-refractivity contribution in [2.75, 3.05) is 13.7 Å². The van der Waals surface area contributed by atoms with Gasteiger partial charge in [-0.25, -0.2) is 0 Å². The van der Waals surface area contributed by atoms with E-state index in [4.69, 9.17) is 4.74 Å². The molecular weight excluding hydrogens is 162 g/mol. The third-order valence-electron chi connectivity index (χ3n) is 2.85. The zero-order valence-corrected chi connectivity index (χ0v) is 9.34. The Morgan fingerprint density at radius 3 is 2.31 bits per heavy atom. The highest BCUT2D eigenvalue weighted by Gasteiger charge is 2.37. The van der Waals surface area contributed by atoms with Crippen molar-refractivity contribution in [3.8, 4) is 0 Å². The minimum atomic E-state index is 0.440. The third kappa shape index (κ3) is 2.96. The summed E-state index contributed by atoms with van der Waals surface area (Å²) in [5.74, 6) is 1.47. The van der Waals surface area contributed by atoms with Crippen LogP contribution in [0.25, 0.3) is 0 Å². The molecular formula is C11H23NO. The molecule has 1 aliphatic carbocycles. The predicted octanol–water partition coefficient (Wildman–Crippen LogP) is 2.05. The summed E-state index contributed by atoms with van der Waals surface area (Å²) in [5.41, 5.74) is 0. The van der Waals surface area contributed by atoms with Gasteiger partial charge in [0.1, 0.15) is 0 Å². The minimum absolute atomic E-state index is 0.440. The fourth-order valence-electron chi connectivity index (χ4n) is 2.03. The maximum Gasteiger partial charge on any atom is 0.0758 e. The standard InChI is InChI=1S/C11H23NO/c1-5-13-11(9-6-7-9)10(12-4)8(2)3/h8-12H,5-7H2,1-4H3. The van der Waals surface area contributed by atoms with Crippen LogP contribution in [0.1, 0.15) is 33.6 Å². The van der Waals surface area contributed by atoms with E-state index in [1.807, 2.05) is 7.05 Å². The molecule has 1 rings (SSSR count). The number of nitrogens with one attached hydrogen (secondary N) is 1. The highest BCUT2D eigenvalue weighted by atomic mass is 16.5. The predicted molar refractivity (Wildman–Crippen MR) is 55.8 cm³/mol. The van der Waals surface area contributed by atoms with Gasteiger partial charge in [0.25, 0.3) is 0 Å². The Bertz CT molecular complexity index is 143. The average Bonchev–Trinajstić information content (AvgIpc) is 2.86. The number of rotatable bonds is 6. The Morgan fingerprint density at radius 1 is 1.38 bits per heavy atom. The van der Waals surface area contributed by atoms with Gasteiger partial charge in [-0.3, -0.25) is 0 Å². The Kier molecular flexibility index (Phi) is 4.20. The van der Waals surface area contributed by atoms with Crippen LogP contribution in [0.15, 0.2) is 0 Å². The highest BCUT2D eigenvalue weighted by Crippen LogP contribution is 2.37. The molecule has 13 heavy (non-hydrogen) atoms. The van der Waals surface area contributed by atoms with Gasteiger partial charge in [0.15, 0.2) is 0 Å². The summed E-state index contributed by atoms with van der Waals surface area (Å²) in [6.07, 6.45) is 3.15. The zero-order chi connectivity index (χ0) is 9.84. The maximum atomic E-state index is 5.82. The van der Waals surface area contributed by atoms with Crippen LogP contribution in [0.4, 0.5) is 0 Å². The topological polar surface area (TPSA) is 21.3 Å². The summed E-state index contributed by atoms with van der Waals surface area (Å²) >= 11 is 0. The Labute approximate surface area is 82.0 Å². The molecule has 2 heteroatoms. The van der Waals surface area contributed by atoms with E-state index < -0.39 is 0 Å². The van der Waals surface area contributed by atoms with Crippen molar-refractivity contribution >= 4 is 0 Å². The van der Waals surface area contributed by atoms with Crippen LogP contribution in [0.3, 0.4) is 0 Å². The summed E-state index contributed by atoms with van der Waals surface area (Å²) in [7, 11) is 2.04. The molecule has 0 saturated heterocycles. The summed E-state index contributed by atoms with van der Waals surface area (Å²) in [6.45, 7) is 7.44. The van der Waals surface area contributed by atoms with Crippen molar-refractivity contribution in [2.45, 2.75) is 45.8 Å². The number of hydrogen-bond donors (Lipinski definition) is 1. The van der Waals surface area contributed by atoms with Crippen molar-refractivity contribution in [1.82, 2.24) is 5.32 Å². The molecule has 2 unspecified atom stereocenters. The number of ether oxygens (including phenoxy) is 1. The molecule has 0 aromatic rings. The van der Waals surface area contributed by atoms with Gasteiger partial charge >= 0.3 is 0 Å². The number of hydrogen-bond acceptors (Lipinski definition) is 2. The van der Waals surface area contributed by atoms with Gasteiger partial charge in [-0.1, -0.05) is 13.8 Å². The molecule has 1 aliphatic rings. The van der Waals surface area contributed by atoms with Gasteiger partial charge in [0.05, 0.1) is 6.10 Å². The first-order chi connectivity index (χ1) is 6.20. The van der Waals surface area contributed by atoms with Crippen LogP contribution in [0.2, 0.25) is 0 Å². The molecule has 0 aliphatic heterocycles. The van der Waals surface area contributed by atoms with Crippen LogP contribution < -0.4 is 5.32 Å². The Balaban J connectivity index is 2.48. The molecule has 2 nitrogen and oxygen atoms in total. The van der Waals surface area contributed by atoms with E-state index in [1.54, 1.807) is 0 Å². The van der Waals surface area contributed by atoms with Gasteiger partial charge in [-0.05, 0) is 38.6 Å². The molecule has 0 aromatic carbocycles. The van der Waals surface area contributed by atoms with Crippen molar-refractivity contribution in [3.05, 3.63) is 0 Å². The number of likely N-dealkylation sites (N-methyl/N-ethyl adjacent to an activating group) is 1. The van der Waals surface area contributed by atoms with Gasteiger partial charge in [-0.15, -0.1) is 0 Å². The largest absolute Gasteiger partial charge is 0.377 e. The molecule has 0 radical (unpaired) electrons. The first kappa shape index (κ1) is 11.0. The smallest absolute Gasteiger partial charge is 0.0758 e. The molecule has 1 N–H and O–H groups in total. The second-order valence-corrected chi connectivity index (χ2v) is 4.32. The van der Waals surface area contributed by atoms with Gasteiger partial charge in [0, 0.05) is 12.6 Å². The summed E-state index contributed by atoms with van der Waals surface area (Å²) in [6, 6.07) is 0.521. The van der Waals surface area contributed by atoms with Crippen LogP contribution in [0, 0.1) is 11.8 Å². The van der Waals surface area contributed by atoms with Gasteiger partial charge in [0.2, 0.25) is 0 Å². The van der Waals surface area contributed by atoms with E-state index in [0.29, 0.717) is 18.1 Å². The van der Waals surface area contributed by atoms with Crippen LogP contribution in [-0.4, -0.2) is 25.8 Å². The van der Waals surface area contributed by atoms with E-state index in [9.17, 15) is 0 Å². The summed E-state index contributed by atoms with van der Waals surface area (Å²) in [4.78, 5) is 0. The van der Waals surface area contributed by atoms with Crippen LogP contribution in [-0.2, 0) is 4.74 Å². The Morgan fingerprint density at radius 2 is 2.00 bits per heavy atom. The van der Waals surface area contributed by atoms with Crippen LogP contribution >= 0.6 is 0 Å². The van der Waals surface area contributed by atoms with Crippen molar-refractivity contribution in [3.63, 3.8) is 0 Å². The Hall–Kier alpha value is -0.0800. The molecule has 2 atom stereocenters. The normalized spacial score (nSPS) is 21.9. The van der Waals surface area contributed by atoms with E-state index >= 15 is 0 Å². The molecule has 0 aromatic heterocycles. The third-order valence-corrected chi connectivity index (χ3v) is 2.85. The fraction of sp³-hybridized carbons (Fsp3) is 1.00. The lowest BCUT2D eigenvalue weighted by molar-refractivity contribution is 0.00926. The quantitative estimate of drug-likeness (QED) is 0.684. The highest BCUT2D eigenvalue weighted by molar-refractivity contribution is 4.91. The molecule has 0 amide bonds. The molecule has 0 bridgehead atoms. The molecule has 78 valence electrons. The lowest BCUT2D eigenvalue weighted by Crippen LogP contribution is -2.44. The zero-order valence-electron chi connectivity index (χ0n) is 9.34. The van der Waals surface area contributed by atoms with Crippen LogP contribution in [0.5, 0.6) is 0 Å². The SMILES string of the molecule is CCOC(C1CC1)C(NC)C(C)C. The van der Waals surface area contributed by atoms with E-state index in [-0.39, 0.29) is 0 Å².